The van der Waals surface area contributed by atoms with Crippen LogP contribution in [0, 0.1) is 23.7 Å². The van der Waals surface area contributed by atoms with Crippen LogP contribution in [0.1, 0.15) is 74.3 Å². The Morgan fingerprint density at radius 1 is 0.638 bits per heavy atom. The third-order valence-electron chi connectivity index (χ3n) is 11.2. The van der Waals surface area contributed by atoms with E-state index in [0.717, 1.165) is 12.0 Å². The molecule has 2 aliphatic rings. The molecule has 0 saturated carbocycles. The summed E-state index contributed by atoms with van der Waals surface area (Å²) in [5.41, 5.74) is 1.15. The molecule has 5 unspecified atom stereocenters. The maximum Gasteiger partial charge on any atom is 0.261 e. The number of hydrogen-bond acceptors (Lipinski definition) is 5. The average molecular weight is 659 g/mol. The maximum atomic E-state index is 7.46. The van der Waals surface area contributed by atoms with Gasteiger partial charge in [0.25, 0.3) is 8.32 Å². The highest BCUT2D eigenvalue weighted by molar-refractivity contribution is 6.99. The molecule has 5 rings (SSSR count). The fourth-order valence-corrected chi connectivity index (χ4v) is 12.4. The highest BCUT2D eigenvalue weighted by atomic mass is 28.4. The molecule has 0 amide bonds. The zero-order chi connectivity index (χ0) is 33.8. The standard InChI is InChI=1S/C41H58O5Si/c1-10-36-29(3)28(2)30(4)40(45-36)46-39-37(44-32(6)31(5)38(39)42-26-33-20-14-11-15-21-33)27-43-47(41(7,8)9,34-22-16-12-17-23-34)35-24-18-13-19-25-35/h11-25,28-32,36-40H,10,26-27H2,1-9H3/t28-,29?,30+,31?,32-,36?,37?,38-,39-,40?/m0/s1. The molecule has 0 spiro atoms. The summed E-state index contributed by atoms with van der Waals surface area (Å²) >= 11 is 0. The second-order valence-electron chi connectivity index (χ2n) is 15.1. The van der Waals surface area contributed by atoms with Crippen LogP contribution in [-0.2, 0) is 30.0 Å². The highest BCUT2D eigenvalue weighted by Gasteiger charge is 2.53. The fourth-order valence-electron chi connectivity index (χ4n) is 7.80. The summed E-state index contributed by atoms with van der Waals surface area (Å²) in [5, 5.41) is 2.36. The van der Waals surface area contributed by atoms with E-state index < -0.39 is 8.32 Å². The Morgan fingerprint density at radius 2 is 1.19 bits per heavy atom. The summed E-state index contributed by atoms with van der Waals surface area (Å²) in [6.07, 6.45) is -0.169. The Morgan fingerprint density at radius 3 is 1.72 bits per heavy atom. The van der Waals surface area contributed by atoms with Crippen LogP contribution in [-0.4, -0.2) is 51.7 Å². The lowest BCUT2D eigenvalue weighted by Crippen LogP contribution is -2.68. The minimum atomic E-state index is -2.81. The van der Waals surface area contributed by atoms with Gasteiger partial charge in [0.15, 0.2) is 6.29 Å². The quantitative estimate of drug-likeness (QED) is 0.196. The Bertz CT molecular complexity index is 1320. The van der Waals surface area contributed by atoms with Gasteiger partial charge in [0, 0.05) is 11.8 Å². The Hall–Kier alpha value is -2.32. The molecular weight excluding hydrogens is 601 g/mol. The minimum Gasteiger partial charge on any atom is -0.405 e. The van der Waals surface area contributed by atoms with Crippen LogP contribution in [0.5, 0.6) is 0 Å². The second kappa shape index (κ2) is 15.5. The molecule has 5 nitrogen and oxygen atoms in total. The van der Waals surface area contributed by atoms with Gasteiger partial charge in [0.2, 0.25) is 0 Å². The van der Waals surface area contributed by atoms with E-state index in [9.17, 15) is 0 Å². The average Bonchev–Trinajstić information content (AvgIpc) is 3.07. The van der Waals surface area contributed by atoms with Gasteiger partial charge in [0.1, 0.15) is 12.2 Å². The molecule has 0 radical (unpaired) electrons. The van der Waals surface area contributed by atoms with Crippen LogP contribution < -0.4 is 10.4 Å². The van der Waals surface area contributed by atoms with Crippen molar-refractivity contribution in [3.05, 3.63) is 96.6 Å². The summed E-state index contributed by atoms with van der Waals surface area (Å²) in [6.45, 7) is 21.4. The Balaban J connectivity index is 1.52. The highest BCUT2D eigenvalue weighted by Crippen LogP contribution is 2.41. The molecule has 256 valence electrons. The lowest BCUT2D eigenvalue weighted by molar-refractivity contribution is -0.314. The van der Waals surface area contributed by atoms with Crippen molar-refractivity contribution in [2.24, 2.45) is 23.7 Å². The first kappa shape index (κ1) is 36.0. The lowest BCUT2D eigenvalue weighted by atomic mass is 9.78. The van der Waals surface area contributed by atoms with E-state index in [2.05, 4.69) is 147 Å². The van der Waals surface area contributed by atoms with Crippen LogP contribution in [0.4, 0.5) is 0 Å². The van der Waals surface area contributed by atoms with Gasteiger partial charge in [-0.1, -0.05) is 146 Å². The Labute approximate surface area is 285 Å². The molecule has 0 aliphatic carbocycles. The van der Waals surface area contributed by atoms with Gasteiger partial charge in [-0.05, 0) is 46.2 Å². The SMILES string of the molecule is CCC1OC(O[C@H]2C(CO[Si](c3ccccc3)(c3ccccc3)C(C)(C)C)O[C@@H](C)C(C)[C@@H]2OCc2ccccc2)[C@H](C)[C@@H](C)C1C. The van der Waals surface area contributed by atoms with Crippen LogP contribution in [0.2, 0.25) is 5.04 Å². The number of ether oxygens (including phenoxy) is 4. The summed E-state index contributed by atoms with van der Waals surface area (Å²) in [6, 6.07) is 32.0. The van der Waals surface area contributed by atoms with Gasteiger partial charge in [-0.2, -0.15) is 0 Å². The number of hydrogen-bond donors (Lipinski definition) is 0. The smallest absolute Gasteiger partial charge is 0.261 e. The third-order valence-corrected chi connectivity index (χ3v) is 16.2. The molecule has 10 atom stereocenters. The van der Waals surface area contributed by atoms with Gasteiger partial charge >= 0.3 is 0 Å². The first-order valence-electron chi connectivity index (χ1n) is 17.8. The van der Waals surface area contributed by atoms with E-state index >= 15 is 0 Å². The number of rotatable bonds is 11. The van der Waals surface area contributed by atoms with Crippen molar-refractivity contribution in [3.8, 4) is 0 Å². The van der Waals surface area contributed by atoms with E-state index in [1.165, 1.54) is 10.4 Å². The third kappa shape index (κ3) is 7.64. The molecule has 47 heavy (non-hydrogen) atoms. The zero-order valence-electron chi connectivity index (χ0n) is 30.1. The normalized spacial score (nSPS) is 31.9. The Kier molecular flexibility index (Phi) is 11.9. The topological polar surface area (TPSA) is 46.2 Å². The fraction of sp³-hybridized carbons (Fsp3) is 0.561. The lowest BCUT2D eigenvalue weighted by Gasteiger charge is -2.50. The van der Waals surface area contributed by atoms with Crippen molar-refractivity contribution in [2.75, 3.05) is 6.61 Å². The van der Waals surface area contributed by atoms with E-state index in [1.807, 2.05) is 6.07 Å². The maximum absolute atomic E-state index is 7.46. The molecule has 2 saturated heterocycles. The van der Waals surface area contributed by atoms with E-state index in [-0.39, 0.29) is 53.7 Å². The van der Waals surface area contributed by atoms with Crippen molar-refractivity contribution < 1.29 is 23.4 Å². The summed E-state index contributed by atoms with van der Waals surface area (Å²) < 4.78 is 35.1. The van der Waals surface area contributed by atoms with Crippen molar-refractivity contribution in [3.63, 3.8) is 0 Å². The van der Waals surface area contributed by atoms with Crippen molar-refractivity contribution in [1.29, 1.82) is 0 Å². The number of benzene rings is 3. The summed E-state index contributed by atoms with van der Waals surface area (Å²) in [5.74, 6) is 1.28. The molecule has 3 aromatic carbocycles. The molecule has 2 heterocycles. The van der Waals surface area contributed by atoms with Gasteiger partial charge in [0.05, 0.1) is 31.5 Å². The van der Waals surface area contributed by atoms with Crippen molar-refractivity contribution in [2.45, 2.75) is 117 Å². The molecule has 2 aliphatic heterocycles. The summed E-state index contributed by atoms with van der Waals surface area (Å²) in [4.78, 5) is 0. The van der Waals surface area contributed by atoms with E-state index in [1.54, 1.807) is 0 Å². The zero-order valence-corrected chi connectivity index (χ0v) is 31.1. The molecular formula is C41H58O5Si. The molecule has 0 N–H and O–H groups in total. The van der Waals surface area contributed by atoms with Crippen LogP contribution in [0.15, 0.2) is 91.0 Å². The van der Waals surface area contributed by atoms with Gasteiger partial charge in [-0.3, -0.25) is 0 Å². The van der Waals surface area contributed by atoms with Crippen molar-refractivity contribution in [1.82, 2.24) is 0 Å². The first-order valence-corrected chi connectivity index (χ1v) is 19.8. The van der Waals surface area contributed by atoms with Gasteiger partial charge < -0.3 is 23.4 Å². The molecule has 2 fully saturated rings. The predicted octanol–water partition coefficient (Wildman–Crippen LogP) is 8.00. The van der Waals surface area contributed by atoms with Crippen LogP contribution >= 0.6 is 0 Å². The molecule has 3 aromatic rings. The van der Waals surface area contributed by atoms with Crippen molar-refractivity contribution >= 4 is 18.7 Å². The van der Waals surface area contributed by atoms with Gasteiger partial charge in [-0.25, -0.2) is 0 Å². The van der Waals surface area contributed by atoms with Crippen LogP contribution in [0.3, 0.4) is 0 Å². The van der Waals surface area contributed by atoms with E-state index in [4.69, 9.17) is 23.4 Å². The predicted molar refractivity (Wildman–Crippen MR) is 193 cm³/mol. The minimum absolute atomic E-state index is 0.0320. The largest absolute Gasteiger partial charge is 0.405 e. The second-order valence-corrected chi connectivity index (χ2v) is 19.4. The van der Waals surface area contributed by atoms with Gasteiger partial charge in [-0.15, -0.1) is 0 Å². The van der Waals surface area contributed by atoms with Crippen LogP contribution in [0.25, 0.3) is 0 Å². The molecule has 6 heteroatoms. The molecule has 0 bridgehead atoms. The molecule has 0 aromatic heterocycles. The summed E-state index contributed by atoms with van der Waals surface area (Å²) in [7, 11) is -2.81. The monoisotopic (exact) mass is 658 g/mol. The van der Waals surface area contributed by atoms with E-state index in [0.29, 0.717) is 25.0 Å². The first-order chi connectivity index (χ1) is 22.5.